The van der Waals surface area contributed by atoms with E-state index in [9.17, 15) is 0 Å². The van der Waals surface area contributed by atoms with Crippen LogP contribution in [0.25, 0.3) is 0 Å². The predicted octanol–water partition coefficient (Wildman–Crippen LogP) is 3.67. The highest BCUT2D eigenvalue weighted by atomic mass is 127. The first-order chi connectivity index (χ1) is 13.1. The van der Waals surface area contributed by atoms with Gasteiger partial charge in [-0.25, -0.2) is 0 Å². The first-order valence-electron chi connectivity index (χ1n) is 10.2. The Kier molecular flexibility index (Phi) is 11.6. The summed E-state index contributed by atoms with van der Waals surface area (Å²) in [5.74, 6) is 3.10. The fraction of sp³-hybridized carbons (Fsp3) is 0.667. The Bertz CT molecular complexity index is 612. The van der Waals surface area contributed by atoms with Crippen molar-refractivity contribution in [2.45, 2.75) is 40.2 Å². The number of hydrogen-bond donors (Lipinski definition) is 2. The monoisotopic (exact) mass is 504 g/mol. The molecule has 160 valence electrons. The molecule has 2 atom stereocenters. The molecule has 6 nitrogen and oxygen atoms in total. The predicted molar refractivity (Wildman–Crippen MR) is 127 cm³/mol. The van der Waals surface area contributed by atoms with Crippen LogP contribution in [0.2, 0.25) is 0 Å². The summed E-state index contributed by atoms with van der Waals surface area (Å²) in [5, 5.41) is 6.88. The molecule has 1 fully saturated rings. The van der Waals surface area contributed by atoms with Gasteiger partial charge < -0.3 is 25.0 Å². The Morgan fingerprint density at radius 1 is 1.21 bits per heavy atom. The average Bonchev–Trinajstić information content (AvgIpc) is 3.07. The number of benzene rings is 1. The van der Waals surface area contributed by atoms with E-state index in [1.807, 2.05) is 19.9 Å². The normalized spacial score (nSPS) is 18.3. The van der Waals surface area contributed by atoms with Crippen molar-refractivity contribution >= 4 is 29.9 Å². The van der Waals surface area contributed by atoms with Crippen LogP contribution in [-0.2, 0) is 0 Å². The van der Waals surface area contributed by atoms with Crippen molar-refractivity contribution in [3.63, 3.8) is 0 Å². The van der Waals surface area contributed by atoms with E-state index < -0.39 is 0 Å². The van der Waals surface area contributed by atoms with Crippen LogP contribution in [-0.4, -0.2) is 57.3 Å². The van der Waals surface area contributed by atoms with Gasteiger partial charge in [0.25, 0.3) is 0 Å². The largest absolute Gasteiger partial charge is 0.490 e. The van der Waals surface area contributed by atoms with Gasteiger partial charge >= 0.3 is 0 Å². The van der Waals surface area contributed by atoms with Gasteiger partial charge in [0, 0.05) is 19.6 Å². The van der Waals surface area contributed by atoms with Crippen LogP contribution >= 0.6 is 24.0 Å². The van der Waals surface area contributed by atoms with Gasteiger partial charge in [-0.3, -0.25) is 4.99 Å². The van der Waals surface area contributed by atoms with Crippen molar-refractivity contribution in [3.8, 4) is 11.5 Å². The van der Waals surface area contributed by atoms with Gasteiger partial charge in [-0.2, -0.15) is 0 Å². The minimum absolute atomic E-state index is 0. The molecule has 2 N–H and O–H groups in total. The van der Waals surface area contributed by atoms with E-state index >= 15 is 0 Å². The lowest BCUT2D eigenvalue weighted by atomic mass is 10.1. The van der Waals surface area contributed by atoms with Gasteiger partial charge in [0.05, 0.1) is 19.3 Å². The summed E-state index contributed by atoms with van der Waals surface area (Å²) in [7, 11) is 2.18. The lowest BCUT2D eigenvalue weighted by Gasteiger charge is -2.20. The summed E-state index contributed by atoms with van der Waals surface area (Å²) in [5.41, 5.74) is 1.15. The molecule has 1 aromatic carbocycles. The van der Waals surface area contributed by atoms with E-state index in [1.54, 1.807) is 0 Å². The van der Waals surface area contributed by atoms with E-state index in [4.69, 9.17) is 14.5 Å². The lowest BCUT2D eigenvalue weighted by Crippen LogP contribution is -2.39. The minimum atomic E-state index is 0. The third-order valence-electron chi connectivity index (χ3n) is 4.76. The number of ether oxygens (including phenoxy) is 2. The summed E-state index contributed by atoms with van der Waals surface area (Å²) in [6.45, 7) is 13.5. The van der Waals surface area contributed by atoms with Crippen LogP contribution in [0, 0.1) is 5.92 Å². The highest BCUT2D eigenvalue weighted by Crippen LogP contribution is 2.30. The molecule has 0 spiro atoms. The molecular formula is C21H37IN4O2. The molecule has 0 bridgehead atoms. The van der Waals surface area contributed by atoms with E-state index in [1.165, 1.54) is 13.0 Å². The average molecular weight is 504 g/mol. The number of rotatable bonds is 9. The number of halogens is 1. The van der Waals surface area contributed by atoms with E-state index in [-0.39, 0.29) is 30.0 Å². The molecular weight excluding hydrogens is 467 g/mol. The summed E-state index contributed by atoms with van der Waals surface area (Å²) >= 11 is 0. The van der Waals surface area contributed by atoms with E-state index in [0.29, 0.717) is 19.1 Å². The molecule has 0 aromatic heterocycles. The third kappa shape index (κ3) is 7.66. The Labute approximate surface area is 187 Å². The number of guanidine groups is 1. The van der Waals surface area contributed by atoms with Gasteiger partial charge in [-0.05, 0) is 71.3 Å². The summed E-state index contributed by atoms with van der Waals surface area (Å²) in [6, 6.07) is 6.24. The fourth-order valence-corrected chi connectivity index (χ4v) is 3.34. The molecule has 28 heavy (non-hydrogen) atoms. The Hall–Kier alpha value is -1.22. The first kappa shape index (κ1) is 24.8. The Morgan fingerprint density at radius 3 is 2.54 bits per heavy atom. The van der Waals surface area contributed by atoms with Crippen molar-refractivity contribution in [1.29, 1.82) is 0 Å². The van der Waals surface area contributed by atoms with Crippen molar-refractivity contribution in [2.24, 2.45) is 10.9 Å². The number of nitrogens with zero attached hydrogens (tertiary/aromatic N) is 2. The summed E-state index contributed by atoms with van der Waals surface area (Å²) in [6.07, 6.45) is 1.23. The number of nitrogens with one attached hydrogen (secondary N) is 2. The van der Waals surface area contributed by atoms with Gasteiger partial charge in [-0.1, -0.05) is 6.07 Å². The number of likely N-dealkylation sites (tertiary alicyclic amines) is 1. The molecule has 0 radical (unpaired) electrons. The maximum Gasteiger partial charge on any atom is 0.191 e. The molecule has 1 heterocycles. The highest BCUT2D eigenvalue weighted by Gasteiger charge is 2.19. The van der Waals surface area contributed by atoms with Gasteiger partial charge in [0.1, 0.15) is 0 Å². The second kappa shape index (κ2) is 13.1. The van der Waals surface area contributed by atoms with E-state index in [2.05, 4.69) is 48.6 Å². The van der Waals surface area contributed by atoms with E-state index in [0.717, 1.165) is 42.7 Å². The zero-order chi connectivity index (χ0) is 19.6. The molecule has 7 heteroatoms. The molecule has 1 aromatic rings. The molecule has 2 rings (SSSR count). The Morgan fingerprint density at radius 2 is 1.93 bits per heavy atom. The van der Waals surface area contributed by atoms with Gasteiger partial charge in [-0.15, -0.1) is 24.0 Å². The lowest BCUT2D eigenvalue weighted by molar-refractivity contribution is 0.287. The second-order valence-electron chi connectivity index (χ2n) is 7.07. The first-order valence-corrected chi connectivity index (χ1v) is 10.2. The highest BCUT2D eigenvalue weighted by molar-refractivity contribution is 14.0. The van der Waals surface area contributed by atoms with Crippen LogP contribution in [0.4, 0.5) is 0 Å². The van der Waals surface area contributed by atoms with Crippen molar-refractivity contribution in [3.05, 3.63) is 23.8 Å². The summed E-state index contributed by atoms with van der Waals surface area (Å²) in [4.78, 5) is 7.19. The van der Waals surface area contributed by atoms with Crippen LogP contribution in [0.1, 0.15) is 45.7 Å². The zero-order valence-electron chi connectivity index (χ0n) is 18.0. The topological polar surface area (TPSA) is 58.1 Å². The molecule has 1 aliphatic rings. The quantitative estimate of drug-likeness (QED) is 0.306. The SMILES string of the molecule is CCNC(=NCC1CCN(C)C1)NC(C)c1ccc(OCC)c(OCC)c1.I. The Balaban J connectivity index is 0.00000392. The maximum atomic E-state index is 5.75. The molecule has 1 aliphatic heterocycles. The molecule has 1 saturated heterocycles. The van der Waals surface area contributed by atoms with Crippen LogP contribution in [0.3, 0.4) is 0 Å². The smallest absolute Gasteiger partial charge is 0.191 e. The number of hydrogen-bond acceptors (Lipinski definition) is 4. The van der Waals surface area contributed by atoms with Crippen LogP contribution in [0.5, 0.6) is 11.5 Å². The molecule has 2 unspecified atom stereocenters. The third-order valence-corrected chi connectivity index (χ3v) is 4.76. The fourth-order valence-electron chi connectivity index (χ4n) is 3.34. The van der Waals surface area contributed by atoms with Crippen LogP contribution in [0.15, 0.2) is 23.2 Å². The molecule has 0 saturated carbocycles. The number of aliphatic imine (C=N–C) groups is 1. The standard InChI is InChI=1S/C21H36N4O2.HI/c1-6-22-21(23-14-17-11-12-25(5)15-17)24-16(4)18-9-10-19(26-7-2)20(13-18)27-8-3;/h9-10,13,16-17H,6-8,11-12,14-15H2,1-5H3,(H2,22,23,24);1H. The molecule has 0 amide bonds. The zero-order valence-corrected chi connectivity index (χ0v) is 20.3. The van der Waals surface area contributed by atoms with Crippen molar-refractivity contribution in [2.75, 3.05) is 46.4 Å². The van der Waals surface area contributed by atoms with Gasteiger partial charge in [0.2, 0.25) is 0 Å². The second-order valence-corrected chi connectivity index (χ2v) is 7.07. The van der Waals surface area contributed by atoms with Crippen LogP contribution < -0.4 is 20.1 Å². The summed E-state index contributed by atoms with van der Waals surface area (Å²) < 4.78 is 11.4. The van der Waals surface area contributed by atoms with Crippen molar-refractivity contribution in [1.82, 2.24) is 15.5 Å². The maximum absolute atomic E-state index is 5.75. The minimum Gasteiger partial charge on any atom is -0.490 e. The van der Waals surface area contributed by atoms with Gasteiger partial charge in [0.15, 0.2) is 17.5 Å². The van der Waals surface area contributed by atoms with Crippen molar-refractivity contribution < 1.29 is 9.47 Å². The molecule has 0 aliphatic carbocycles.